The standard InChI is InChI=1S/C15H19NO3/c1-10(2)11(3)16-15(19)13-7-4-12(5-8-13)6-9-14(17)18/h4-11H,1-3H3,(H,16,19)(H,17,18)/b9-6+. The van der Waals surface area contributed by atoms with E-state index in [1.54, 1.807) is 24.3 Å². The minimum Gasteiger partial charge on any atom is -0.478 e. The molecule has 0 heterocycles. The largest absolute Gasteiger partial charge is 0.478 e. The molecule has 1 aromatic rings. The minimum atomic E-state index is -0.993. The molecule has 1 unspecified atom stereocenters. The third-order valence-corrected chi connectivity index (χ3v) is 2.95. The second kappa shape index (κ2) is 6.73. The van der Waals surface area contributed by atoms with Crippen LogP contribution in [-0.4, -0.2) is 23.0 Å². The fourth-order valence-electron chi connectivity index (χ4n) is 1.37. The lowest BCUT2D eigenvalue weighted by molar-refractivity contribution is -0.131. The fraction of sp³-hybridized carbons (Fsp3) is 0.333. The van der Waals surface area contributed by atoms with E-state index < -0.39 is 5.97 Å². The molecule has 1 amide bonds. The van der Waals surface area contributed by atoms with Crippen LogP contribution < -0.4 is 5.32 Å². The van der Waals surface area contributed by atoms with Gasteiger partial charge in [-0.15, -0.1) is 0 Å². The molecule has 0 aromatic heterocycles. The quantitative estimate of drug-likeness (QED) is 0.800. The van der Waals surface area contributed by atoms with Crippen LogP contribution in [0.25, 0.3) is 6.08 Å². The molecule has 0 spiro atoms. The summed E-state index contributed by atoms with van der Waals surface area (Å²) in [7, 11) is 0. The van der Waals surface area contributed by atoms with E-state index in [9.17, 15) is 9.59 Å². The fourth-order valence-corrected chi connectivity index (χ4v) is 1.37. The highest BCUT2D eigenvalue weighted by Crippen LogP contribution is 2.08. The molecule has 19 heavy (non-hydrogen) atoms. The summed E-state index contributed by atoms with van der Waals surface area (Å²) in [6, 6.07) is 6.91. The number of aliphatic carboxylic acids is 1. The number of nitrogens with one attached hydrogen (secondary N) is 1. The Labute approximate surface area is 113 Å². The Morgan fingerprint density at radius 2 is 1.74 bits per heavy atom. The maximum absolute atomic E-state index is 11.9. The lowest BCUT2D eigenvalue weighted by atomic mass is 10.1. The summed E-state index contributed by atoms with van der Waals surface area (Å²) in [5.41, 5.74) is 1.32. The predicted octanol–water partition coefficient (Wildman–Crippen LogP) is 2.56. The Kier molecular flexibility index (Phi) is 5.30. The molecule has 0 bridgehead atoms. The number of carbonyl (C=O) groups is 2. The summed E-state index contributed by atoms with van der Waals surface area (Å²) >= 11 is 0. The first-order valence-corrected chi connectivity index (χ1v) is 6.22. The average molecular weight is 261 g/mol. The van der Waals surface area contributed by atoms with Crippen molar-refractivity contribution in [1.82, 2.24) is 5.32 Å². The Hall–Kier alpha value is -2.10. The van der Waals surface area contributed by atoms with Crippen LogP contribution in [0.4, 0.5) is 0 Å². The van der Waals surface area contributed by atoms with E-state index in [1.165, 1.54) is 6.08 Å². The van der Waals surface area contributed by atoms with Gasteiger partial charge in [0.2, 0.25) is 0 Å². The van der Waals surface area contributed by atoms with Crippen molar-refractivity contribution >= 4 is 18.0 Å². The van der Waals surface area contributed by atoms with Gasteiger partial charge in [-0.2, -0.15) is 0 Å². The maximum atomic E-state index is 11.9. The van der Waals surface area contributed by atoms with Gasteiger partial charge >= 0.3 is 5.97 Å². The minimum absolute atomic E-state index is 0.110. The second-order valence-corrected chi connectivity index (χ2v) is 4.80. The highest BCUT2D eigenvalue weighted by atomic mass is 16.4. The molecule has 0 saturated heterocycles. The molecular weight excluding hydrogens is 242 g/mol. The SMILES string of the molecule is CC(C)C(C)NC(=O)c1ccc(/C=C/C(=O)O)cc1. The zero-order chi connectivity index (χ0) is 14.4. The molecule has 4 heteroatoms. The molecule has 0 aliphatic heterocycles. The average Bonchev–Trinajstić information content (AvgIpc) is 2.36. The second-order valence-electron chi connectivity index (χ2n) is 4.80. The van der Waals surface area contributed by atoms with Crippen LogP contribution in [0.15, 0.2) is 30.3 Å². The topological polar surface area (TPSA) is 66.4 Å². The van der Waals surface area contributed by atoms with Crippen molar-refractivity contribution in [2.75, 3.05) is 0 Å². The zero-order valence-corrected chi connectivity index (χ0v) is 11.4. The van der Waals surface area contributed by atoms with Crippen molar-refractivity contribution < 1.29 is 14.7 Å². The van der Waals surface area contributed by atoms with Crippen molar-refractivity contribution in [1.29, 1.82) is 0 Å². The Morgan fingerprint density at radius 3 is 2.21 bits per heavy atom. The molecule has 4 nitrogen and oxygen atoms in total. The Bertz CT molecular complexity index is 475. The third-order valence-electron chi connectivity index (χ3n) is 2.95. The molecule has 0 radical (unpaired) electrons. The molecule has 0 saturated carbocycles. The highest BCUT2D eigenvalue weighted by molar-refractivity contribution is 5.94. The number of carbonyl (C=O) groups excluding carboxylic acids is 1. The van der Waals surface area contributed by atoms with Gasteiger partial charge in [0.15, 0.2) is 0 Å². The van der Waals surface area contributed by atoms with E-state index in [0.29, 0.717) is 11.5 Å². The number of hydrogen-bond acceptors (Lipinski definition) is 2. The first-order chi connectivity index (χ1) is 8.90. The van der Waals surface area contributed by atoms with Gasteiger partial charge in [-0.3, -0.25) is 4.79 Å². The number of amides is 1. The maximum Gasteiger partial charge on any atom is 0.328 e. The summed E-state index contributed by atoms with van der Waals surface area (Å²) < 4.78 is 0. The van der Waals surface area contributed by atoms with E-state index in [4.69, 9.17) is 5.11 Å². The van der Waals surface area contributed by atoms with Gasteiger partial charge in [-0.05, 0) is 36.6 Å². The molecule has 2 N–H and O–H groups in total. The summed E-state index contributed by atoms with van der Waals surface area (Å²) in [5, 5.41) is 11.4. The number of carboxylic acids is 1. The number of benzene rings is 1. The van der Waals surface area contributed by atoms with Crippen LogP contribution in [0.2, 0.25) is 0 Å². The molecule has 0 aliphatic carbocycles. The van der Waals surface area contributed by atoms with Crippen molar-refractivity contribution in [3.05, 3.63) is 41.5 Å². The number of hydrogen-bond donors (Lipinski definition) is 2. The van der Waals surface area contributed by atoms with Crippen LogP contribution in [0.3, 0.4) is 0 Å². The van der Waals surface area contributed by atoms with Gasteiger partial charge in [-0.1, -0.05) is 26.0 Å². The molecular formula is C15H19NO3. The molecule has 1 rings (SSSR count). The molecule has 1 aromatic carbocycles. The van der Waals surface area contributed by atoms with Gasteiger partial charge in [-0.25, -0.2) is 4.79 Å². The van der Waals surface area contributed by atoms with E-state index >= 15 is 0 Å². The number of rotatable bonds is 5. The lowest BCUT2D eigenvalue weighted by Gasteiger charge is -2.17. The molecule has 0 fully saturated rings. The monoisotopic (exact) mass is 261 g/mol. The van der Waals surface area contributed by atoms with E-state index in [2.05, 4.69) is 5.32 Å². The third kappa shape index (κ3) is 4.95. The highest BCUT2D eigenvalue weighted by Gasteiger charge is 2.11. The summed E-state index contributed by atoms with van der Waals surface area (Å²) in [6.45, 7) is 6.06. The first kappa shape index (κ1) is 15.0. The van der Waals surface area contributed by atoms with Gasteiger partial charge < -0.3 is 10.4 Å². The van der Waals surface area contributed by atoms with Gasteiger partial charge in [0.1, 0.15) is 0 Å². The van der Waals surface area contributed by atoms with Crippen molar-refractivity contribution in [3.8, 4) is 0 Å². The lowest BCUT2D eigenvalue weighted by Crippen LogP contribution is -2.36. The van der Waals surface area contributed by atoms with Crippen LogP contribution in [-0.2, 0) is 4.79 Å². The molecule has 102 valence electrons. The normalized spacial score (nSPS) is 12.6. The van der Waals surface area contributed by atoms with Crippen molar-refractivity contribution in [2.24, 2.45) is 5.92 Å². The van der Waals surface area contributed by atoms with Crippen LogP contribution in [0.5, 0.6) is 0 Å². The smallest absolute Gasteiger partial charge is 0.328 e. The summed E-state index contributed by atoms with van der Waals surface area (Å²) in [6.07, 6.45) is 2.55. The van der Waals surface area contributed by atoms with Crippen LogP contribution >= 0.6 is 0 Å². The summed E-state index contributed by atoms with van der Waals surface area (Å²) in [4.78, 5) is 22.3. The number of carboxylic acid groups (broad SMARTS) is 1. The predicted molar refractivity (Wildman–Crippen MR) is 74.9 cm³/mol. The van der Waals surface area contributed by atoms with Gasteiger partial charge in [0.25, 0.3) is 5.91 Å². The van der Waals surface area contributed by atoms with Gasteiger partial charge in [0.05, 0.1) is 0 Å². The van der Waals surface area contributed by atoms with E-state index in [0.717, 1.165) is 11.6 Å². The van der Waals surface area contributed by atoms with Crippen molar-refractivity contribution in [2.45, 2.75) is 26.8 Å². The summed E-state index contributed by atoms with van der Waals surface area (Å²) in [5.74, 6) is -0.732. The Morgan fingerprint density at radius 1 is 1.16 bits per heavy atom. The Balaban J connectivity index is 2.71. The van der Waals surface area contributed by atoms with Crippen LogP contribution in [0, 0.1) is 5.92 Å². The first-order valence-electron chi connectivity index (χ1n) is 6.22. The van der Waals surface area contributed by atoms with Gasteiger partial charge in [0, 0.05) is 17.7 Å². The van der Waals surface area contributed by atoms with E-state index in [1.807, 2.05) is 20.8 Å². The van der Waals surface area contributed by atoms with Crippen molar-refractivity contribution in [3.63, 3.8) is 0 Å². The molecule has 1 atom stereocenters. The van der Waals surface area contributed by atoms with Crippen LogP contribution in [0.1, 0.15) is 36.7 Å². The van der Waals surface area contributed by atoms with E-state index in [-0.39, 0.29) is 11.9 Å². The zero-order valence-electron chi connectivity index (χ0n) is 11.4. The molecule has 0 aliphatic rings.